The average Bonchev–Trinajstić information content (AvgIpc) is 3.17. The Morgan fingerprint density at radius 2 is 1.95 bits per heavy atom. The second kappa shape index (κ2) is 4.86. The van der Waals surface area contributed by atoms with Crippen LogP contribution in [0.3, 0.4) is 0 Å². The van der Waals surface area contributed by atoms with Gasteiger partial charge in [-0.2, -0.15) is 5.10 Å². The van der Waals surface area contributed by atoms with Gasteiger partial charge in [0.15, 0.2) is 11.4 Å². The fraction of sp³-hybridized carbons (Fsp3) is 0.0625. The lowest BCUT2D eigenvalue weighted by Crippen LogP contribution is -2.02. The van der Waals surface area contributed by atoms with Crippen LogP contribution in [0, 0.1) is 0 Å². The highest BCUT2D eigenvalue weighted by Crippen LogP contribution is 2.26. The van der Waals surface area contributed by atoms with Gasteiger partial charge >= 0.3 is 0 Å². The summed E-state index contributed by atoms with van der Waals surface area (Å²) in [5.74, 6) is 0.724. The molecule has 4 rings (SSSR count). The molecular formula is C16H12N4O. The molecule has 5 nitrogen and oxygen atoms in total. The third-order valence-corrected chi connectivity index (χ3v) is 3.34. The van der Waals surface area contributed by atoms with Crippen molar-refractivity contribution in [1.29, 1.82) is 0 Å². The van der Waals surface area contributed by atoms with E-state index < -0.39 is 0 Å². The quantitative estimate of drug-likeness (QED) is 0.577. The van der Waals surface area contributed by atoms with Crippen molar-refractivity contribution in [2.45, 2.75) is 6.54 Å². The summed E-state index contributed by atoms with van der Waals surface area (Å²) >= 11 is 0. The Morgan fingerprint density at radius 1 is 1.05 bits per heavy atom. The predicted octanol–water partition coefficient (Wildman–Crippen LogP) is 3.13. The Morgan fingerprint density at radius 3 is 2.76 bits per heavy atom. The number of hydrogen-bond donors (Lipinski definition) is 0. The van der Waals surface area contributed by atoms with Gasteiger partial charge in [-0.3, -0.25) is 0 Å². The molecule has 102 valence electrons. The number of furan rings is 1. The molecule has 0 fully saturated rings. The van der Waals surface area contributed by atoms with Crippen LogP contribution in [0.1, 0.15) is 5.56 Å². The largest absolute Gasteiger partial charge is 0.463 e. The molecule has 3 heterocycles. The van der Waals surface area contributed by atoms with Crippen LogP contribution in [0.4, 0.5) is 0 Å². The fourth-order valence-corrected chi connectivity index (χ4v) is 2.38. The van der Waals surface area contributed by atoms with Crippen LogP contribution >= 0.6 is 0 Å². The highest BCUT2D eigenvalue weighted by molar-refractivity contribution is 5.88. The van der Waals surface area contributed by atoms with Gasteiger partial charge in [-0.25, -0.2) is 14.6 Å². The number of benzene rings is 1. The first-order valence-electron chi connectivity index (χ1n) is 6.66. The van der Waals surface area contributed by atoms with Gasteiger partial charge in [0.2, 0.25) is 0 Å². The highest BCUT2D eigenvalue weighted by Gasteiger charge is 2.15. The summed E-state index contributed by atoms with van der Waals surface area (Å²) in [6, 6.07) is 13.9. The summed E-state index contributed by atoms with van der Waals surface area (Å²) in [7, 11) is 0. The van der Waals surface area contributed by atoms with E-state index in [0.29, 0.717) is 6.54 Å². The minimum Gasteiger partial charge on any atom is -0.463 e. The molecule has 0 bridgehead atoms. The second-order valence-corrected chi connectivity index (χ2v) is 4.73. The molecule has 0 atom stereocenters. The van der Waals surface area contributed by atoms with E-state index in [-0.39, 0.29) is 0 Å². The molecule has 0 saturated heterocycles. The lowest BCUT2D eigenvalue weighted by Gasteiger charge is -2.02. The van der Waals surface area contributed by atoms with E-state index >= 15 is 0 Å². The summed E-state index contributed by atoms with van der Waals surface area (Å²) in [5.41, 5.74) is 2.75. The normalized spacial score (nSPS) is 11.0. The van der Waals surface area contributed by atoms with Crippen molar-refractivity contribution < 1.29 is 4.42 Å². The van der Waals surface area contributed by atoms with E-state index in [4.69, 9.17) is 4.42 Å². The third kappa shape index (κ3) is 2.08. The van der Waals surface area contributed by atoms with Crippen LogP contribution in [0.2, 0.25) is 0 Å². The summed E-state index contributed by atoms with van der Waals surface area (Å²) in [4.78, 5) is 8.45. The topological polar surface area (TPSA) is 56.7 Å². The zero-order valence-electron chi connectivity index (χ0n) is 11.2. The third-order valence-electron chi connectivity index (χ3n) is 3.34. The van der Waals surface area contributed by atoms with Gasteiger partial charge in [-0.15, -0.1) is 0 Å². The van der Waals surface area contributed by atoms with Gasteiger partial charge < -0.3 is 4.42 Å². The number of fused-ring (bicyclic) bond motifs is 1. The molecule has 0 N–H and O–H groups in total. The Bertz CT molecular complexity index is 866. The molecule has 0 aliphatic rings. The highest BCUT2D eigenvalue weighted by atomic mass is 16.3. The van der Waals surface area contributed by atoms with E-state index in [0.717, 1.165) is 22.5 Å². The monoisotopic (exact) mass is 276 g/mol. The van der Waals surface area contributed by atoms with Crippen LogP contribution in [-0.4, -0.2) is 19.7 Å². The molecule has 0 unspecified atom stereocenters. The Kier molecular flexibility index (Phi) is 2.74. The van der Waals surface area contributed by atoms with E-state index in [9.17, 15) is 0 Å². The zero-order valence-corrected chi connectivity index (χ0v) is 11.2. The molecule has 0 spiro atoms. The molecule has 0 aliphatic heterocycles. The van der Waals surface area contributed by atoms with Crippen molar-refractivity contribution in [1.82, 2.24) is 19.7 Å². The van der Waals surface area contributed by atoms with Gasteiger partial charge in [0, 0.05) is 6.20 Å². The zero-order chi connectivity index (χ0) is 14.1. The number of hydrogen-bond acceptors (Lipinski definition) is 4. The van der Waals surface area contributed by atoms with Crippen molar-refractivity contribution in [3.05, 3.63) is 66.8 Å². The van der Waals surface area contributed by atoms with E-state index in [1.165, 1.54) is 11.9 Å². The maximum absolute atomic E-state index is 5.46. The minimum atomic E-state index is 0.662. The Balaban J connectivity index is 1.86. The van der Waals surface area contributed by atoms with Crippen molar-refractivity contribution in [3.8, 4) is 11.5 Å². The number of aromatic nitrogens is 4. The molecule has 21 heavy (non-hydrogen) atoms. The predicted molar refractivity (Wildman–Crippen MR) is 78.6 cm³/mol. The maximum atomic E-state index is 5.46. The Hall–Kier alpha value is -2.95. The maximum Gasteiger partial charge on any atom is 0.162 e. The summed E-state index contributed by atoms with van der Waals surface area (Å²) in [5, 5.41) is 5.54. The van der Waals surface area contributed by atoms with Gasteiger partial charge in [0.1, 0.15) is 12.0 Å². The van der Waals surface area contributed by atoms with Crippen molar-refractivity contribution in [2.24, 2.45) is 0 Å². The fourth-order valence-electron chi connectivity index (χ4n) is 2.38. The minimum absolute atomic E-state index is 0.662. The molecule has 3 aromatic heterocycles. The smallest absolute Gasteiger partial charge is 0.162 e. The number of rotatable bonds is 3. The molecule has 0 radical (unpaired) electrons. The van der Waals surface area contributed by atoms with Crippen LogP contribution in [-0.2, 0) is 6.54 Å². The molecule has 5 heteroatoms. The first kappa shape index (κ1) is 11.8. The molecule has 0 amide bonds. The molecule has 1 aromatic carbocycles. The molecule has 0 saturated carbocycles. The van der Waals surface area contributed by atoms with E-state index in [2.05, 4.69) is 27.2 Å². The van der Waals surface area contributed by atoms with Crippen LogP contribution < -0.4 is 0 Å². The summed E-state index contributed by atoms with van der Waals surface area (Å²) in [6.07, 6.45) is 4.95. The molecular weight excluding hydrogens is 264 g/mol. The second-order valence-electron chi connectivity index (χ2n) is 4.73. The van der Waals surface area contributed by atoms with Crippen LogP contribution in [0.25, 0.3) is 22.5 Å². The Labute approximate surface area is 120 Å². The summed E-state index contributed by atoms with van der Waals surface area (Å²) < 4.78 is 7.34. The van der Waals surface area contributed by atoms with E-state index in [1.54, 1.807) is 12.5 Å². The van der Waals surface area contributed by atoms with E-state index in [1.807, 2.05) is 35.0 Å². The number of nitrogens with zero attached hydrogens (tertiary/aromatic N) is 4. The van der Waals surface area contributed by atoms with Crippen molar-refractivity contribution in [2.75, 3.05) is 0 Å². The first-order chi connectivity index (χ1) is 10.4. The SMILES string of the molecule is c1ccc(Cn2nc(-c3ccco3)c3cncnc32)cc1. The van der Waals surface area contributed by atoms with Crippen molar-refractivity contribution >= 4 is 11.0 Å². The van der Waals surface area contributed by atoms with Gasteiger partial charge in [0.05, 0.1) is 18.2 Å². The average molecular weight is 276 g/mol. The molecule has 4 aromatic rings. The lowest BCUT2D eigenvalue weighted by molar-refractivity contribution is 0.577. The van der Waals surface area contributed by atoms with Gasteiger partial charge in [-0.05, 0) is 17.7 Å². The lowest BCUT2D eigenvalue weighted by atomic mass is 10.2. The summed E-state index contributed by atoms with van der Waals surface area (Å²) in [6.45, 7) is 0.662. The van der Waals surface area contributed by atoms with Gasteiger partial charge in [-0.1, -0.05) is 30.3 Å². The van der Waals surface area contributed by atoms with Crippen molar-refractivity contribution in [3.63, 3.8) is 0 Å². The van der Waals surface area contributed by atoms with Gasteiger partial charge in [0.25, 0.3) is 0 Å². The van der Waals surface area contributed by atoms with Crippen LogP contribution in [0.5, 0.6) is 0 Å². The standard InChI is InChI=1S/C16H12N4O/c1-2-5-12(6-3-1)10-20-16-13(9-17-11-18-16)15(19-20)14-7-4-8-21-14/h1-9,11H,10H2. The first-order valence-corrected chi connectivity index (χ1v) is 6.66. The molecule has 0 aliphatic carbocycles. The van der Waals surface area contributed by atoms with Crippen LogP contribution in [0.15, 0.2) is 65.7 Å².